The molecule has 1 aliphatic rings. The number of nitrogens with two attached hydrogens (primary N) is 1. The third-order valence-electron chi connectivity index (χ3n) is 4.56. The summed E-state index contributed by atoms with van der Waals surface area (Å²) in [6.07, 6.45) is 3.77. The average molecular weight is 399 g/mol. The molecule has 1 aromatic carbocycles. The molecule has 1 aliphatic carbocycles. The highest BCUT2D eigenvalue weighted by molar-refractivity contribution is 5.99. The van der Waals surface area contributed by atoms with Crippen LogP contribution in [0.15, 0.2) is 24.4 Å². The molecular weight excluding hydrogens is 374 g/mol. The van der Waals surface area contributed by atoms with E-state index in [0.717, 1.165) is 25.0 Å². The first-order chi connectivity index (χ1) is 12.2. The maximum absolute atomic E-state index is 14.3. The van der Waals surface area contributed by atoms with Crippen LogP contribution >= 0.6 is 12.4 Å². The van der Waals surface area contributed by atoms with Crippen molar-refractivity contribution in [2.75, 3.05) is 6.54 Å². The van der Waals surface area contributed by atoms with Crippen LogP contribution in [0.3, 0.4) is 0 Å². The van der Waals surface area contributed by atoms with Gasteiger partial charge in [-0.3, -0.25) is 9.48 Å². The molecule has 1 fully saturated rings. The number of carbonyl (C=O) groups is 1. The maximum atomic E-state index is 14.3. The summed E-state index contributed by atoms with van der Waals surface area (Å²) >= 11 is 0. The van der Waals surface area contributed by atoms with Crippen LogP contribution in [0.4, 0.5) is 8.78 Å². The maximum Gasteiger partial charge on any atom is 0.255 e. The van der Waals surface area contributed by atoms with Gasteiger partial charge in [-0.1, -0.05) is 0 Å². The minimum Gasteiger partial charge on any atom is -0.350 e. The first-order valence-electron chi connectivity index (χ1n) is 8.76. The molecule has 0 bridgehead atoms. The van der Waals surface area contributed by atoms with E-state index in [0.29, 0.717) is 12.5 Å². The Bertz CT molecular complexity index is 828. The first-order valence-corrected chi connectivity index (χ1v) is 8.76. The van der Waals surface area contributed by atoms with E-state index >= 15 is 0 Å². The summed E-state index contributed by atoms with van der Waals surface area (Å²) in [6.45, 7) is 6.13. The molecule has 1 unspecified atom stereocenters. The Labute approximate surface area is 163 Å². The highest BCUT2D eigenvalue weighted by atomic mass is 35.5. The molecule has 5 nitrogen and oxygen atoms in total. The van der Waals surface area contributed by atoms with E-state index in [4.69, 9.17) is 5.73 Å². The lowest BCUT2D eigenvalue weighted by Gasteiger charge is -2.18. The number of carbonyl (C=O) groups excluding carboxylic acids is 1. The van der Waals surface area contributed by atoms with Gasteiger partial charge < -0.3 is 11.1 Å². The topological polar surface area (TPSA) is 72.9 Å². The Hall–Kier alpha value is -1.99. The predicted molar refractivity (Wildman–Crippen MR) is 103 cm³/mol. The van der Waals surface area contributed by atoms with Crippen LogP contribution in [0.25, 0.3) is 11.3 Å². The van der Waals surface area contributed by atoms with Crippen molar-refractivity contribution in [1.82, 2.24) is 15.1 Å². The number of nitrogens with zero attached hydrogens (tertiary/aromatic N) is 2. The Balaban J connectivity index is 0.00000261. The third-order valence-corrected chi connectivity index (χ3v) is 4.56. The quantitative estimate of drug-likeness (QED) is 0.809. The van der Waals surface area contributed by atoms with Crippen molar-refractivity contribution in [3.63, 3.8) is 0 Å². The predicted octanol–water partition coefficient (Wildman–Crippen LogP) is 3.47. The fraction of sp³-hybridized carbons (Fsp3) is 0.474. The number of amides is 1. The average Bonchev–Trinajstić information content (AvgIpc) is 3.30. The van der Waals surface area contributed by atoms with E-state index < -0.39 is 17.2 Å². The lowest BCUT2D eigenvalue weighted by molar-refractivity contribution is 0.0950. The largest absolute Gasteiger partial charge is 0.350 e. The Morgan fingerprint density at radius 1 is 1.37 bits per heavy atom. The van der Waals surface area contributed by atoms with E-state index in [1.165, 1.54) is 6.07 Å². The molecule has 8 heteroatoms. The zero-order valence-electron chi connectivity index (χ0n) is 15.6. The summed E-state index contributed by atoms with van der Waals surface area (Å²) in [7, 11) is 0. The van der Waals surface area contributed by atoms with Crippen molar-refractivity contribution in [2.24, 2.45) is 11.7 Å². The summed E-state index contributed by atoms with van der Waals surface area (Å²) < 4.78 is 29.1. The molecule has 2 aromatic rings. The second-order valence-electron chi connectivity index (χ2n) is 7.84. The molecule has 1 saturated carbocycles. The van der Waals surface area contributed by atoms with Crippen LogP contribution in [0, 0.1) is 17.6 Å². The first kappa shape index (κ1) is 21.3. The molecule has 0 aliphatic heterocycles. The molecule has 148 valence electrons. The fourth-order valence-electron chi connectivity index (χ4n) is 2.76. The lowest BCUT2D eigenvalue weighted by Crippen LogP contribution is -2.38. The summed E-state index contributed by atoms with van der Waals surface area (Å²) in [5.74, 6) is -1.34. The molecule has 1 aromatic heterocycles. The van der Waals surface area contributed by atoms with Gasteiger partial charge in [-0.2, -0.15) is 5.10 Å². The van der Waals surface area contributed by atoms with Crippen LogP contribution in [0.5, 0.6) is 0 Å². The van der Waals surface area contributed by atoms with Gasteiger partial charge in [0.1, 0.15) is 17.3 Å². The zero-order chi connectivity index (χ0) is 19.1. The summed E-state index contributed by atoms with van der Waals surface area (Å²) in [4.78, 5) is 12.7. The molecule has 1 atom stereocenters. The zero-order valence-corrected chi connectivity index (χ0v) is 16.4. The number of hydrogen-bond acceptors (Lipinski definition) is 3. The number of benzene rings is 1. The minimum absolute atomic E-state index is 0. The number of hydrogen-bond donors (Lipinski definition) is 2. The van der Waals surface area contributed by atoms with Gasteiger partial charge in [0.25, 0.3) is 5.91 Å². The Morgan fingerprint density at radius 3 is 2.59 bits per heavy atom. The number of rotatable bonds is 5. The van der Waals surface area contributed by atoms with E-state index in [2.05, 4.69) is 10.4 Å². The second-order valence-corrected chi connectivity index (χ2v) is 7.84. The van der Waals surface area contributed by atoms with Crippen molar-refractivity contribution in [3.05, 3.63) is 41.6 Å². The molecule has 1 amide bonds. The highest BCUT2D eigenvalue weighted by Crippen LogP contribution is 2.31. The summed E-state index contributed by atoms with van der Waals surface area (Å²) in [5, 5.41) is 7.21. The van der Waals surface area contributed by atoms with Crippen molar-refractivity contribution < 1.29 is 13.6 Å². The molecule has 0 radical (unpaired) electrons. The van der Waals surface area contributed by atoms with Gasteiger partial charge in [0, 0.05) is 30.4 Å². The molecular formula is C19H25ClF2N4O. The highest BCUT2D eigenvalue weighted by Gasteiger charge is 2.29. The van der Waals surface area contributed by atoms with E-state index in [1.54, 1.807) is 10.9 Å². The summed E-state index contributed by atoms with van der Waals surface area (Å²) in [6, 6.07) is 3.16. The van der Waals surface area contributed by atoms with Crippen molar-refractivity contribution in [2.45, 2.75) is 45.2 Å². The van der Waals surface area contributed by atoms with Crippen LogP contribution < -0.4 is 11.1 Å². The monoisotopic (exact) mass is 398 g/mol. The Morgan fingerprint density at radius 2 is 2.04 bits per heavy atom. The smallest absolute Gasteiger partial charge is 0.255 e. The van der Waals surface area contributed by atoms with Crippen LogP contribution in [-0.4, -0.2) is 28.3 Å². The van der Waals surface area contributed by atoms with Crippen LogP contribution in [-0.2, 0) is 5.54 Å². The van der Waals surface area contributed by atoms with E-state index in [1.807, 2.05) is 20.8 Å². The van der Waals surface area contributed by atoms with E-state index in [-0.39, 0.29) is 41.2 Å². The van der Waals surface area contributed by atoms with Crippen LogP contribution in [0.1, 0.15) is 44.0 Å². The molecule has 0 spiro atoms. The second kappa shape index (κ2) is 7.94. The van der Waals surface area contributed by atoms with Gasteiger partial charge in [-0.05, 0) is 51.7 Å². The Kier molecular flexibility index (Phi) is 6.27. The number of halogens is 3. The normalized spacial score (nSPS) is 15.2. The van der Waals surface area contributed by atoms with E-state index in [9.17, 15) is 13.6 Å². The SMILES string of the molecule is CC(C)(C)n1cc(C(=O)NCC(N)C2CC2)c(-c2ccc(F)cc2F)n1.Cl. The van der Waals surface area contributed by atoms with Gasteiger partial charge in [0.2, 0.25) is 0 Å². The molecule has 3 N–H and O–H groups in total. The third kappa shape index (κ3) is 4.84. The van der Waals surface area contributed by atoms with Gasteiger partial charge in [0.05, 0.1) is 11.1 Å². The molecule has 27 heavy (non-hydrogen) atoms. The number of nitrogens with one attached hydrogen (secondary N) is 1. The lowest BCUT2D eigenvalue weighted by atomic mass is 10.1. The van der Waals surface area contributed by atoms with Crippen molar-refractivity contribution in [3.8, 4) is 11.3 Å². The summed E-state index contributed by atoms with van der Waals surface area (Å²) in [5.41, 5.74) is 6.16. The van der Waals surface area contributed by atoms with Crippen molar-refractivity contribution >= 4 is 18.3 Å². The van der Waals surface area contributed by atoms with Gasteiger partial charge in [-0.25, -0.2) is 8.78 Å². The minimum atomic E-state index is -0.757. The molecule has 3 rings (SSSR count). The fourth-order valence-corrected chi connectivity index (χ4v) is 2.76. The molecule has 0 saturated heterocycles. The number of aromatic nitrogens is 2. The van der Waals surface area contributed by atoms with Gasteiger partial charge in [-0.15, -0.1) is 12.4 Å². The van der Waals surface area contributed by atoms with Crippen LogP contribution in [0.2, 0.25) is 0 Å². The molecule has 1 heterocycles. The standard InChI is InChI=1S/C19H24F2N4O.ClH/c1-19(2,3)25-10-14(18(26)23-9-16(22)11-4-5-11)17(24-25)13-7-6-12(20)8-15(13)21;/h6-8,10-11,16H,4-5,9,22H2,1-3H3,(H,23,26);1H. The van der Waals surface area contributed by atoms with Gasteiger partial charge in [0.15, 0.2) is 0 Å². The van der Waals surface area contributed by atoms with Gasteiger partial charge >= 0.3 is 0 Å². The van der Waals surface area contributed by atoms with Crippen molar-refractivity contribution in [1.29, 1.82) is 0 Å².